The summed E-state index contributed by atoms with van der Waals surface area (Å²) < 4.78 is 10.9. The summed E-state index contributed by atoms with van der Waals surface area (Å²) in [6.07, 6.45) is 1.77. The highest BCUT2D eigenvalue weighted by Gasteiger charge is 2.13. The fourth-order valence-corrected chi connectivity index (χ4v) is 2.67. The predicted molar refractivity (Wildman–Crippen MR) is 109 cm³/mol. The lowest BCUT2D eigenvalue weighted by Gasteiger charge is -2.10. The summed E-state index contributed by atoms with van der Waals surface area (Å²) >= 11 is 0. The van der Waals surface area contributed by atoms with Crippen molar-refractivity contribution in [2.45, 2.75) is 6.92 Å². The topological polar surface area (TPSA) is 59.3 Å². The third-order valence-corrected chi connectivity index (χ3v) is 4.19. The van der Waals surface area contributed by atoms with Crippen LogP contribution in [0, 0.1) is 18.3 Å². The molecule has 3 aromatic carbocycles. The molecule has 0 saturated carbocycles. The van der Waals surface area contributed by atoms with E-state index in [1.807, 2.05) is 49.4 Å². The van der Waals surface area contributed by atoms with Gasteiger partial charge in [-0.15, -0.1) is 0 Å². The Morgan fingerprint density at radius 2 is 1.64 bits per heavy atom. The van der Waals surface area contributed by atoms with Crippen molar-refractivity contribution in [2.24, 2.45) is 0 Å². The van der Waals surface area contributed by atoms with Crippen molar-refractivity contribution in [2.75, 3.05) is 7.11 Å². The summed E-state index contributed by atoms with van der Waals surface area (Å²) in [5, 5.41) is 9.47. The molecule has 28 heavy (non-hydrogen) atoms. The zero-order valence-corrected chi connectivity index (χ0v) is 15.7. The number of allylic oxidation sites excluding steroid dienone is 1. The molecule has 138 valence electrons. The molecule has 0 atom stereocenters. The molecule has 3 rings (SSSR count). The maximum absolute atomic E-state index is 12.4. The van der Waals surface area contributed by atoms with Crippen LogP contribution in [0.25, 0.3) is 11.6 Å². The van der Waals surface area contributed by atoms with Gasteiger partial charge in [-0.2, -0.15) is 5.26 Å². The molecule has 0 aliphatic carbocycles. The number of carbonyl (C=O) groups is 1. The lowest BCUT2D eigenvalue weighted by molar-refractivity contribution is 0.0729. The van der Waals surface area contributed by atoms with Crippen LogP contribution in [-0.4, -0.2) is 13.1 Å². The molecule has 4 nitrogen and oxygen atoms in total. The first-order valence-electron chi connectivity index (χ1n) is 8.75. The molecule has 0 spiro atoms. The molecular weight excluding hydrogens is 350 g/mol. The van der Waals surface area contributed by atoms with Gasteiger partial charge in [0.15, 0.2) is 11.5 Å². The second kappa shape index (κ2) is 8.70. The highest BCUT2D eigenvalue weighted by atomic mass is 16.6. The quantitative estimate of drug-likeness (QED) is 0.265. The van der Waals surface area contributed by atoms with Crippen LogP contribution in [0.15, 0.2) is 72.8 Å². The molecular formula is C24H19NO3. The highest BCUT2D eigenvalue weighted by molar-refractivity contribution is 5.92. The van der Waals surface area contributed by atoms with E-state index in [0.29, 0.717) is 22.6 Å². The minimum Gasteiger partial charge on any atom is -0.493 e. The summed E-state index contributed by atoms with van der Waals surface area (Å²) in [6, 6.07) is 24.0. The number of hydrogen-bond acceptors (Lipinski definition) is 4. The van der Waals surface area contributed by atoms with Crippen molar-refractivity contribution < 1.29 is 14.3 Å². The van der Waals surface area contributed by atoms with Crippen molar-refractivity contribution in [3.63, 3.8) is 0 Å². The summed E-state index contributed by atoms with van der Waals surface area (Å²) in [5.41, 5.74) is 3.67. The van der Waals surface area contributed by atoms with Crippen molar-refractivity contribution in [1.82, 2.24) is 0 Å². The Balaban J connectivity index is 1.86. The number of benzene rings is 3. The molecule has 0 N–H and O–H groups in total. The van der Waals surface area contributed by atoms with Crippen LogP contribution >= 0.6 is 0 Å². The van der Waals surface area contributed by atoms with Gasteiger partial charge in [0, 0.05) is 0 Å². The highest BCUT2D eigenvalue weighted by Crippen LogP contribution is 2.30. The summed E-state index contributed by atoms with van der Waals surface area (Å²) in [5.74, 6) is 0.284. The number of aryl methyl sites for hydroxylation is 1. The summed E-state index contributed by atoms with van der Waals surface area (Å²) in [7, 11) is 1.51. The van der Waals surface area contributed by atoms with E-state index < -0.39 is 5.97 Å². The van der Waals surface area contributed by atoms with Gasteiger partial charge in [-0.1, -0.05) is 54.1 Å². The molecule has 0 heterocycles. The number of methoxy groups -OCH3 is 1. The molecule has 0 fully saturated rings. The van der Waals surface area contributed by atoms with Crippen LogP contribution in [0.3, 0.4) is 0 Å². The Hall–Kier alpha value is -3.84. The van der Waals surface area contributed by atoms with E-state index >= 15 is 0 Å². The molecule has 4 heteroatoms. The molecule has 0 unspecified atom stereocenters. The normalized spacial score (nSPS) is 10.8. The summed E-state index contributed by atoms with van der Waals surface area (Å²) in [4.78, 5) is 12.4. The molecule has 0 radical (unpaired) electrons. The average molecular weight is 369 g/mol. The second-order valence-electron chi connectivity index (χ2n) is 6.20. The zero-order valence-electron chi connectivity index (χ0n) is 15.7. The van der Waals surface area contributed by atoms with Gasteiger partial charge in [0.1, 0.15) is 0 Å². The van der Waals surface area contributed by atoms with Gasteiger partial charge >= 0.3 is 5.97 Å². The first-order valence-corrected chi connectivity index (χ1v) is 8.75. The third-order valence-electron chi connectivity index (χ3n) is 4.19. The monoisotopic (exact) mass is 369 g/mol. The number of esters is 1. The molecule has 0 aliphatic heterocycles. The van der Waals surface area contributed by atoms with Gasteiger partial charge in [-0.25, -0.2) is 4.79 Å². The number of nitrogens with zero attached hydrogens (tertiary/aromatic N) is 1. The molecule has 0 aromatic heterocycles. The number of rotatable bonds is 5. The third kappa shape index (κ3) is 4.46. The van der Waals surface area contributed by atoms with E-state index in [2.05, 4.69) is 6.07 Å². The van der Waals surface area contributed by atoms with Crippen LogP contribution in [0.1, 0.15) is 27.0 Å². The van der Waals surface area contributed by atoms with Crippen molar-refractivity contribution in [3.05, 3.63) is 95.1 Å². The fraction of sp³-hybridized carbons (Fsp3) is 0.0833. The Kier molecular flexibility index (Phi) is 5.88. The smallest absolute Gasteiger partial charge is 0.343 e. The van der Waals surface area contributed by atoms with Crippen molar-refractivity contribution in [1.29, 1.82) is 5.26 Å². The van der Waals surface area contributed by atoms with Crippen LogP contribution in [-0.2, 0) is 0 Å². The number of carbonyl (C=O) groups excluding carboxylic acids is 1. The van der Waals surface area contributed by atoms with Gasteiger partial charge in [-0.05, 0) is 48.4 Å². The van der Waals surface area contributed by atoms with E-state index in [-0.39, 0.29) is 0 Å². The second-order valence-corrected chi connectivity index (χ2v) is 6.20. The van der Waals surface area contributed by atoms with Gasteiger partial charge in [0.25, 0.3) is 0 Å². The van der Waals surface area contributed by atoms with Gasteiger partial charge in [0.2, 0.25) is 0 Å². The van der Waals surface area contributed by atoms with Crippen LogP contribution < -0.4 is 9.47 Å². The largest absolute Gasteiger partial charge is 0.493 e. The first kappa shape index (κ1) is 18.9. The minimum absolute atomic E-state index is 0.323. The number of nitriles is 1. The van der Waals surface area contributed by atoms with Crippen LogP contribution in [0.5, 0.6) is 11.5 Å². The predicted octanol–water partition coefficient (Wildman–Crippen LogP) is 5.29. The Morgan fingerprint density at radius 3 is 2.29 bits per heavy atom. The lowest BCUT2D eigenvalue weighted by Crippen LogP contribution is -2.09. The fourth-order valence-electron chi connectivity index (χ4n) is 2.67. The van der Waals surface area contributed by atoms with Gasteiger partial charge in [0.05, 0.1) is 24.3 Å². The zero-order chi connectivity index (χ0) is 19.9. The SMILES string of the molecule is COc1cc(/C=C(/C#N)c2ccccc2)ccc1OC(=O)c1ccc(C)cc1. The molecule has 0 aliphatic rings. The molecule has 0 saturated heterocycles. The maximum atomic E-state index is 12.4. The van der Waals surface area contributed by atoms with E-state index in [1.54, 1.807) is 36.4 Å². The number of ether oxygens (including phenoxy) is 2. The van der Waals surface area contributed by atoms with E-state index in [4.69, 9.17) is 9.47 Å². The lowest BCUT2D eigenvalue weighted by atomic mass is 10.0. The van der Waals surface area contributed by atoms with Crippen LogP contribution in [0.2, 0.25) is 0 Å². The Morgan fingerprint density at radius 1 is 0.929 bits per heavy atom. The van der Waals surface area contributed by atoms with Crippen molar-refractivity contribution >= 4 is 17.6 Å². The van der Waals surface area contributed by atoms with Gasteiger partial charge in [-0.3, -0.25) is 0 Å². The van der Waals surface area contributed by atoms with E-state index in [0.717, 1.165) is 16.7 Å². The van der Waals surface area contributed by atoms with E-state index in [1.165, 1.54) is 7.11 Å². The molecule has 0 bridgehead atoms. The Labute approximate surface area is 164 Å². The van der Waals surface area contributed by atoms with E-state index in [9.17, 15) is 10.1 Å². The molecule has 0 amide bonds. The van der Waals surface area contributed by atoms with Gasteiger partial charge < -0.3 is 9.47 Å². The van der Waals surface area contributed by atoms with Crippen molar-refractivity contribution in [3.8, 4) is 17.6 Å². The number of hydrogen-bond donors (Lipinski definition) is 0. The average Bonchev–Trinajstić information content (AvgIpc) is 2.74. The summed E-state index contributed by atoms with van der Waals surface area (Å²) in [6.45, 7) is 1.95. The maximum Gasteiger partial charge on any atom is 0.343 e. The minimum atomic E-state index is -0.455. The standard InChI is InChI=1S/C24H19NO3/c1-17-8-11-20(12-9-17)24(26)28-22-13-10-18(15-23(22)27-2)14-21(16-25)19-6-4-3-5-7-19/h3-15H,1-2H3/b21-14-. The Bertz CT molecular complexity index is 1050. The molecule has 3 aromatic rings. The van der Waals surface area contributed by atoms with Crippen LogP contribution in [0.4, 0.5) is 0 Å². The first-order chi connectivity index (χ1) is 13.6.